The molecule has 1 aromatic carbocycles. The molecule has 2 atom stereocenters. The van der Waals surface area contributed by atoms with Gasteiger partial charge in [-0.3, -0.25) is 0 Å². The van der Waals surface area contributed by atoms with Gasteiger partial charge in [-0.15, -0.1) is 0 Å². The van der Waals surface area contributed by atoms with Crippen molar-refractivity contribution in [1.82, 2.24) is 4.98 Å². The number of thiazole rings is 1. The molecule has 0 N–H and O–H groups in total. The summed E-state index contributed by atoms with van der Waals surface area (Å²) in [7, 11) is 1.36. The zero-order valence-electron chi connectivity index (χ0n) is 23.3. The highest BCUT2D eigenvalue weighted by Gasteiger charge is 2.35. The summed E-state index contributed by atoms with van der Waals surface area (Å²) >= 11 is 1.32. The van der Waals surface area contributed by atoms with Gasteiger partial charge in [0.1, 0.15) is 16.2 Å². The number of halogens is 3. The minimum atomic E-state index is -4.29. The van der Waals surface area contributed by atoms with Gasteiger partial charge in [-0.1, -0.05) is 48.6 Å². The summed E-state index contributed by atoms with van der Waals surface area (Å²) in [5.74, 6) is -1.22. The Morgan fingerprint density at radius 2 is 2.03 bits per heavy atom. The molecule has 3 rings (SSSR count). The van der Waals surface area contributed by atoms with Crippen LogP contribution in [0.5, 0.6) is 5.75 Å². The van der Waals surface area contributed by atoms with Crippen LogP contribution in [0.25, 0.3) is 0 Å². The molecule has 6 nitrogen and oxygen atoms in total. The van der Waals surface area contributed by atoms with Crippen LogP contribution < -0.4 is 14.5 Å². The van der Waals surface area contributed by atoms with E-state index < -0.39 is 17.7 Å². The number of benzene rings is 1. The monoisotopic (exact) mass is 565 g/mol. The number of aromatic nitrogens is 1. The van der Waals surface area contributed by atoms with E-state index in [9.17, 15) is 18.0 Å². The van der Waals surface area contributed by atoms with Gasteiger partial charge in [-0.25, -0.2) is 9.78 Å². The third kappa shape index (κ3) is 8.24. The predicted molar refractivity (Wildman–Crippen MR) is 151 cm³/mol. The molecule has 1 aromatic heterocycles. The first-order valence-corrected chi connectivity index (χ1v) is 14.0. The number of likely N-dealkylation sites (N-methyl/N-ethyl adjacent to an activating group) is 1. The number of hydrogen-bond donors (Lipinski definition) is 0. The van der Waals surface area contributed by atoms with E-state index >= 15 is 0 Å². The average Bonchev–Trinajstić information content (AvgIpc) is 3.31. The van der Waals surface area contributed by atoms with Crippen LogP contribution in [0, 0.1) is 5.92 Å². The molecule has 39 heavy (non-hydrogen) atoms. The summed E-state index contributed by atoms with van der Waals surface area (Å²) < 4.78 is 51.2. The van der Waals surface area contributed by atoms with Crippen molar-refractivity contribution < 1.29 is 27.4 Å². The van der Waals surface area contributed by atoms with Gasteiger partial charge in [0.25, 0.3) is 0 Å². The van der Waals surface area contributed by atoms with Crippen LogP contribution in [0.1, 0.15) is 56.6 Å². The fraction of sp³-hybridized carbons (Fsp3) is 0.517. The number of ether oxygens (including phenoxy) is 2. The van der Waals surface area contributed by atoms with Crippen molar-refractivity contribution >= 4 is 28.1 Å². The SMILES string of the molecule is C/C=C\C(=C/C(C)C(F)(F)F)CN(CC)c1ccccc1OC1(C)CCCN(c2ncc(C(=O)OC)s2)CC1. The second kappa shape index (κ2) is 13.4. The van der Waals surface area contributed by atoms with E-state index in [1.807, 2.05) is 36.1 Å². The average molecular weight is 566 g/mol. The Hall–Kier alpha value is -3.01. The number of anilines is 2. The van der Waals surface area contributed by atoms with Crippen LogP contribution in [-0.2, 0) is 4.74 Å². The molecule has 0 bridgehead atoms. The van der Waals surface area contributed by atoms with Crippen molar-refractivity contribution in [3.63, 3.8) is 0 Å². The summed E-state index contributed by atoms with van der Waals surface area (Å²) in [4.78, 5) is 21.0. The van der Waals surface area contributed by atoms with Crippen LogP contribution in [0.15, 0.2) is 54.3 Å². The van der Waals surface area contributed by atoms with Crippen LogP contribution in [0.4, 0.5) is 24.0 Å². The number of carbonyl (C=O) groups is 1. The van der Waals surface area contributed by atoms with E-state index in [0.29, 0.717) is 35.8 Å². The van der Waals surface area contributed by atoms with Gasteiger partial charge >= 0.3 is 12.1 Å². The van der Waals surface area contributed by atoms with Crippen molar-refractivity contribution in [1.29, 1.82) is 0 Å². The van der Waals surface area contributed by atoms with Gasteiger partial charge in [0, 0.05) is 32.6 Å². The third-order valence-corrected chi connectivity index (χ3v) is 7.91. The van der Waals surface area contributed by atoms with Crippen molar-refractivity contribution in [3.8, 4) is 5.75 Å². The maximum absolute atomic E-state index is 13.3. The molecule has 2 aromatic rings. The zero-order chi connectivity index (χ0) is 28.6. The Kier molecular flexibility index (Phi) is 10.5. The molecule has 2 heterocycles. The zero-order valence-corrected chi connectivity index (χ0v) is 24.1. The molecular weight excluding hydrogens is 527 g/mol. The largest absolute Gasteiger partial charge is 0.485 e. The molecule has 1 fully saturated rings. The smallest absolute Gasteiger partial charge is 0.394 e. The van der Waals surface area contributed by atoms with Gasteiger partial charge in [-0.05, 0) is 51.3 Å². The Morgan fingerprint density at radius 3 is 2.69 bits per heavy atom. The fourth-order valence-corrected chi connectivity index (χ4v) is 5.49. The lowest BCUT2D eigenvalue weighted by Gasteiger charge is -2.33. The van der Waals surface area contributed by atoms with Gasteiger partial charge in [0.2, 0.25) is 0 Å². The maximum Gasteiger partial charge on any atom is 0.394 e. The highest BCUT2D eigenvalue weighted by Crippen LogP contribution is 2.37. The maximum atomic E-state index is 13.3. The fourth-order valence-electron chi connectivity index (χ4n) is 4.60. The number of para-hydroxylation sites is 2. The van der Waals surface area contributed by atoms with Crippen molar-refractivity contribution in [2.75, 3.05) is 43.1 Å². The minimum Gasteiger partial charge on any atom is -0.485 e. The quantitative estimate of drug-likeness (QED) is 0.223. The molecule has 0 aliphatic carbocycles. The lowest BCUT2D eigenvalue weighted by Crippen LogP contribution is -2.35. The number of nitrogens with zero attached hydrogens (tertiary/aromatic N) is 3. The molecule has 1 saturated heterocycles. The lowest BCUT2D eigenvalue weighted by atomic mass is 9.97. The molecule has 0 saturated carbocycles. The first kappa shape index (κ1) is 30.5. The highest BCUT2D eigenvalue weighted by atomic mass is 32.1. The normalized spacial score (nSPS) is 19.6. The predicted octanol–water partition coefficient (Wildman–Crippen LogP) is 7.28. The first-order valence-electron chi connectivity index (χ1n) is 13.2. The van der Waals surface area contributed by atoms with Crippen LogP contribution in [0.2, 0.25) is 0 Å². The number of esters is 1. The van der Waals surface area contributed by atoms with E-state index in [1.54, 1.807) is 25.3 Å². The van der Waals surface area contributed by atoms with Gasteiger partial charge < -0.3 is 19.3 Å². The lowest BCUT2D eigenvalue weighted by molar-refractivity contribution is -0.156. The van der Waals surface area contributed by atoms with E-state index in [-0.39, 0.29) is 5.97 Å². The second-order valence-electron chi connectivity index (χ2n) is 9.95. The first-order chi connectivity index (χ1) is 18.5. The minimum absolute atomic E-state index is 0.332. The standard InChI is InChI=1S/C29H38F3N3O3S/c1-6-11-22(18-21(3)29(30,31)32)20-34(7-2)23-12-8-9-13-24(23)38-28(4)14-10-16-35(17-15-28)27-33-19-25(39-27)26(36)37-5/h6,8-9,11-13,18-19,21H,7,10,14-17,20H2,1-5H3/b11-6-,22-18+. The van der Waals surface area contributed by atoms with Crippen molar-refractivity contribution in [3.05, 3.63) is 59.1 Å². The third-order valence-electron chi connectivity index (χ3n) is 6.87. The molecule has 214 valence electrons. The number of rotatable bonds is 10. The van der Waals surface area contributed by atoms with Crippen molar-refractivity contribution in [2.45, 2.75) is 58.7 Å². The number of methoxy groups -OCH3 is 1. The van der Waals surface area contributed by atoms with E-state index in [4.69, 9.17) is 9.47 Å². The molecule has 1 aliphatic rings. The van der Waals surface area contributed by atoms with Gasteiger partial charge in [-0.2, -0.15) is 13.2 Å². The van der Waals surface area contributed by atoms with Crippen LogP contribution >= 0.6 is 11.3 Å². The summed E-state index contributed by atoms with van der Waals surface area (Å²) in [6.07, 6.45) is 4.50. The van der Waals surface area contributed by atoms with Gasteiger partial charge in [0.05, 0.1) is 24.9 Å². The van der Waals surface area contributed by atoms with Gasteiger partial charge in [0.15, 0.2) is 5.13 Å². The topological polar surface area (TPSA) is 54.9 Å². The second-order valence-corrected chi connectivity index (χ2v) is 11.0. The van der Waals surface area contributed by atoms with E-state index in [1.165, 1.54) is 31.4 Å². The number of carbonyl (C=O) groups excluding carboxylic acids is 1. The number of allylic oxidation sites excluding steroid dienone is 2. The van der Waals surface area contributed by atoms with Crippen LogP contribution in [-0.4, -0.2) is 56.0 Å². The molecular formula is C29H38F3N3O3S. The van der Waals surface area contributed by atoms with E-state index in [0.717, 1.165) is 36.6 Å². The number of hydrogen-bond acceptors (Lipinski definition) is 7. The summed E-state index contributed by atoms with van der Waals surface area (Å²) in [6.45, 7) is 9.51. The molecule has 2 unspecified atom stereocenters. The molecule has 0 radical (unpaired) electrons. The summed E-state index contributed by atoms with van der Waals surface area (Å²) in [5.41, 5.74) is 1.00. The molecule has 0 amide bonds. The summed E-state index contributed by atoms with van der Waals surface area (Å²) in [5, 5.41) is 0.786. The Morgan fingerprint density at radius 1 is 1.28 bits per heavy atom. The molecule has 1 aliphatic heterocycles. The summed E-state index contributed by atoms with van der Waals surface area (Å²) in [6, 6.07) is 7.71. The Bertz CT molecular complexity index is 1160. The Balaban J connectivity index is 1.77. The van der Waals surface area contributed by atoms with Crippen molar-refractivity contribution in [2.24, 2.45) is 5.92 Å². The molecule has 10 heteroatoms. The molecule has 0 spiro atoms. The van der Waals surface area contributed by atoms with Crippen LogP contribution in [0.3, 0.4) is 0 Å². The number of alkyl halides is 3. The van der Waals surface area contributed by atoms with E-state index in [2.05, 4.69) is 16.8 Å². The highest BCUT2D eigenvalue weighted by molar-refractivity contribution is 7.17. The Labute approximate surface area is 233 Å².